The molecule has 2 amide bonds. The highest BCUT2D eigenvalue weighted by Crippen LogP contribution is 2.32. The molecule has 0 aliphatic heterocycles. The summed E-state index contributed by atoms with van der Waals surface area (Å²) < 4.78 is 16.5. The van der Waals surface area contributed by atoms with E-state index in [1.807, 2.05) is 32.0 Å². The molecule has 0 radical (unpaired) electrons. The van der Waals surface area contributed by atoms with E-state index < -0.39 is 41.3 Å². The quantitative estimate of drug-likeness (QED) is 0.0826. The number of ether oxygens (including phenoxy) is 3. The Morgan fingerprint density at radius 1 is 0.936 bits per heavy atom. The minimum absolute atomic E-state index is 0.00829. The van der Waals surface area contributed by atoms with Gasteiger partial charge in [0, 0.05) is 50.8 Å². The maximum absolute atomic E-state index is 12.9. The predicted molar refractivity (Wildman–Crippen MR) is 179 cm³/mol. The lowest BCUT2D eigenvalue weighted by atomic mass is 9.80. The Balaban J connectivity index is 0.00000233. The van der Waals surface area contributed by atoms with Gasteiger partial charge in [-0.3, -0.25) is 9.59 Å². The summed E-state index contributed by atoms with van der Waals surface area (Å²) in [7, 11) is 3.29. The predicted octanol–water partition coefficient (Wildman–Crippen LogP) is 3.01. The smallest absolute Gasteiger partial charge is 0.328 e. The lowest BCUT2D eigenvalue weighted by Gasteiger charge is -2.30. The Morgan fingerprint density at radius 3 is 2.00 bits per heavy atom. The first-order chi connectivity index (χ1) is 21.9. The molecule has 0 aliphatic rings. The van der Waals surface area contributed by atoms with Crippen molar-refractivity contribution < 1.29 is 48.7 Å². The van der Waals surface area contributed by atoms with Crippen LogP contribution >= 0.6 is 0 Å². The van der Waals surface area contributed by atoms with Crippen molar-refractivity contribution in [1.29, 1.82) is 0 Å². The van der Waals surface area contributed by atoms with Gasteiger partial charge in [0.05, 0.1) is 25.2 Å². The molecule has 1 unspecified atom stereocenters. The maximum atomic E-state index is 12.9. The molecule has 0 aliphatic carbocycles. The summed E-state index contributed by atoms with van der Waals surface area (Å²) >= 11 is 0. The van der Waals surface area contributed by atoms with Gasteiger partial charge in [0.25, 0.3) is 0 Å². The molecule has 8 N–H and O–H groups in total. The van der Waals surface area contributed by atoms with Gasteiger partial charge in [0.2, 0.25) is 11.8 Å². The van der Waals surface area contributed by atoms with Crippen molar-refractivity contribution in [3.63, 3.8) is 0 Å². The van der Waals surface area contributed by atoms with Gasteiger partial charge in [-0.1, -0.05) is 33.8 Å². The van der Waals surface area contributed by atoms with Gasteiger partial charge >= 0.3 is 11.9 Å². The number of benzene rings is 1. The number of primary amides is 1. The number of nitrogens with two attached hydrogens (primary N) is 2. The number of aliphatic hydroxyl groups excluding tert-OH is 1. The summed E-state index contributed by atoms with van der Waals surface area (Å²) in [6.07, 6.45) is 2.68. The Labute approximate surface area is 279 Å². The topological polar surface area (TPSA) is 221 Å². The molecule has 0 aromatic heterocycles. The van der Waals surface area contributed by atoms with Gasteiger partial charge in [-0.15, -0.1) is 0 Å². The summed E-state index contributed by atoms with van der Waals surface area (Å²) in [4.78, 5) is 43.7. The average Bonchev–Trinajstić information content (AvgIpc) is 2.99. The molecule has 268 valence electrons. The lowest BCUT2D eigenvalue weighted by molar-refractivity contribution is -0.134. The van der Waals surface area contributed by atoms with Crippen LogP contribution in [0.25, 0.3) is 0 Å². The van der Waals surface area contributed by atoms with E-state index in [4.69, 9.17) is 35.9 Å². The number of methoxy groups -OCH3 is 2. The van der Waals surface area contributed by atoms with Crippen LogP contribution in [0.2, 0.25) is 0 Å². The van der Waals surface area contributed by atoms with E-state index in [-0.39, 0.29) is 30.7 Å². The highest BCUT2D eigenvalue weighted by molar-refractivity contribution is 5.89. The summed E-state index contributed by atoms with van der Waals surface area (Å²) in [5.74, 6) is -1.72. The van der Waals surface area contributed by atoms with Crippen LogP contribution in [-0.2, 0) is 30.3 Å². The van der Waals surface area contributed by atoms with Crippen molar-refractivity contribution in [2.24, 2.45) is 40.6 Å². The first-order valence-electron chi connectivity index (χ1n) is 15.8. The number of carboxylic acid groups (broad SMARTS) is 2. The SMILES string of the molecule is COCCCOc1cc(C[C@H](C[C@H](N)[C@H](O)CC(C(=O)NCC(C)(C)C(N)=O)C(C)C)C(C)C)ccc1OC.O=C(O)/C=C/C(=O)O. The summed E-state index contributed by atoms with van der Waals surface area (Å²) in [5.41, 5.74) is 12.2. The molecule has 0 bridgehead atoms. The third-order valence-corrected chi connectivity index (χ3v) is 7.87. The van der Waals surface area contributed by atoms with Gasteiger partial charge in [-0.05, 0) is 68.6 Å². The van der Waals surface area contributed by atoms with E-state index in [9.17, 15) is 24.3 Å². The van der Waals surface area contributed by atoms with Crippen LogP contribution in [-0.4, -0.2) is 85.2 Å². The Hall–Kier alpha value is -3.68. The van der Waals surface area contributed by atoms with Crippen LogP contribution < -0.4 is 26.3 Å². The zero-order valence-corrected chi connectivity index (χ0v) is 29.2. The normalized spacial score (nSPS) is 14.1. The second-order valence-corrected chi connectivity index (χ2v) is 12.9. The molecular formula is C34H57N3O10. The van der Waals surface area contributed by atoms with Crippen molar-refractivity contribution in [2.75, 3.05) is 34.0 Å². The fraction of sp³-hybridized carbons (Fsp3) is 0.647. The van der Waals surface area contributed by atoms with Gasteiger partial charge in [-0.2, -0.15) is 0 Å². The minimum atomic E-state index is -1.26. The number of aliphatic hydroxyl groups is 1. The lowest BCUT2D eigenvalue weighted by Crippen LogP contribution is -2.46. The molecule has 1 aromatic rings. The number of hydrogen-bond acceptors (Lipinski definition) is 9. The molecule has 13 nitrogen and oxygen atoms in total. The van der Waals surface area contributed by atoms with Crippen molar-refractivity contribution in [1.82, 2.24) is 5.32 Å². The molecule has 13 heteroatoms. The summed E-state index contributed by atoms with van der Waals surface area (Å²) in [6.45, 7) is 12.9. The standard InChI is InChI=1S/C30H53N3O6.C4H4O4/c1-19(2)22(14-21-10-11-26(38-8)27(15-21)39-13-9-12-37-7)16-24(31)25(34)17-23(20(3)4)28(35)33-18-30(5,6)29(32)36;5-3(6)1-2-4(7)8/h10-11,15,19-20,22-25,34H,9,12-14,16-18,31H2,1-8H3,(H2,32,36)(H,33,35);1-2H,(H,5,6)(H,7,8)/b;2-1+/t22-,23?,24+,25-;/m1./s1. The zero-order valence-electron chi connectivity index (χ0n) is 29.2. The number of carbonyl (C=O) groups is 4. The van der Waals surface area contributed by atoms with Crippen molar-refractivity contribution in [2.45, 2.75) is 79.4 Å². The fourth-order valence-electron chi connectivity index (χ4n) is 4.53. The van der Waals surface area contributed by atoms with Gasteiger partial charge in [-0.25, -0.2) is 9.59 Å². The Morgan fingerprint density at radius 2 is 1.53 bits per heavy atom. The van der Waals surface area contributed by atoms with Crippen LogP contribution in [0.3, 0.4) is 0 Å². The number of amides is 2. The van der Waals surface area contributed by atoms with E-state index in [0.717, 1.165) is 18.4 Å². The first-order valence-corrected chi connectivity index (χ1v) is 15.8. The number of hydrogen-bond donors (Lipinski definition) is 6. The van der Waals surface area contributed by atoms with Gasteiger partial charge in [0.1, 0.15) is 0 Å². The second-order valence-electron chi connectivity index (χ2n) is 12.9. The monoisotopic (exact) mass is 667 g/mol. The van der Waals surface area contributed by atoms with E-state index in [1.165, 1.54) is 0 Å². The first kappa shape index (κ1) is 43.3. The maximum Gasteiger partial charge on any atom is 0.328 e. The van der Waals surface area contributed by atoms with Crippen LogP contribution in [0.5, 0.6) is 11.5 Å². The van der Waals surface area contributed by atoms with Crippen molar-refractivity contribution >= 4 is 23.8 Å². The number of carboxylic acids is 2. The molecule has 47 heavy (non-hydrogen) atoms. The highest BCUT2D eigenvalue weighted by atomic mass is 16.5. The molecule has 1 aromatic carbocycles. The third kappa shape index (κ3) is 17.7. The molecule has 0 saturated heterocycles. The Bertz CT molecular complexity index is 1140. The van der Waals surface area contributed by atoms with Crippen molar-refractivity contribution in [3.8, 4) is 11.5 Å². The minimum Gasteiger partial charge on any atom is -0.493 e. The molecular weight excluding hydrogens is 610 g/mol. The van der Waals surface area contributed by atoms with Crippen LogP contribution in [0, 0.1) is 29.1 Å². The fourth-order valence-corrected chi connectivity index (χ4v) is 4.53. The molecule has 0 fully saturated rings. The molecule has 0 saturated carbocycles. The third-order valence-electron chi connectivity index (χ3n) is 7.87. The van der Waals surface area contributed by atoms with Gasteiger partial charge in [0.15, 0.2) is 11.5 Å². The number of nitrogens with one attached hydrogen (secondary N) is 1. The molecule has 0 spiro atoms. The van der Waals surface area contributed by atoms with Crippen LogP contribution in [0.1, 0.15) is 66.4 Å². The van der Waals surface area contributed by atoms with Gasteiger partial charge < -0.3 is 46.3 Å². The zero-order chi connectivity index (χ0) is 36.3. The summed E-state index contributed by atoms with van der Waals surface area (Å²) in [5, 5.41) is 29.5. The van der Waals surface area contributed by atoms with E-state index in [0.29, 0.717) is 49.2 Å². The second kappa shape index (κ2) is 22.0. The van der Waals surface area contributed by atoms with E-state index in [2.05, 4.69) is 19.2 Å². The molecule has 0 heterocycles. The number of aliphatic carboxylic acids is 2. The van der Waals surface area contributed by atoms with E-state index >= 15 is 0 Å². The highest BCUT2D eigenvalue weighted by Gasteiger charge is 2.32. The van der Waals surface area contributed by atoms with Crippen LogP contribution in [0.15, 0.2) is 30.4 Å². The molecule has 4 atom stereocenters. The molecule has 1 rings (SSSR count). The summed E-state index contributed by atoms with van der Waals surface area (Å²) in [6, 6.07) is 5.47. The van der Waals surface area contributed by atoms with Crippen molar-refractivity contribution in [3.05, 3.63) is 35.9 Å². The largest absolute Gasteiger partial charge is 0.493 e. The number of carbonyl (C=O) groups excluding carboxylic acids is 2. The van der Waals surface area contributed by atoms with Crippen LogP contribution in [0.4, 0.5) is 0 Å². The number of rotatable bonds is 21. The average molecular weight is 668 g/mol. The van der Waals surface area contributed by atoms with E-state index in [1.54, 1.807) is 28.1 Å². The Kier molecular flexibility index (Phi) is 20.3.